The van der Waals surface area contributed by atoms with Gasteiger partial charge in [0.2, 0.25) is 17.6 Å². The predicted octanol–water partition coefficient (Wildman–Crippen LogP) is 1.80. The molecule has 0 aliphatic carbocycles. The maximum Gasteiger partial charge on any atom is 0.353 e. The molecule has 1 aliphatic heterocycles. The molecule has 1 atom stereocenters. The normalized spacial score (nSPS) is 18.3. The highest BCUT2D eigenvalue weighted by molar-refractivity contribution is 5.71. The first-order valence-electron chi connectivity index (χ1n) is 6.94. The molecule has 0 amide bonds. The van der Waals surface area contributed by atoms with Crippen molar-refractivity contribution in [2.24, 2.45) is 5.92 Å². The molecule has 114 valence electrons. The summed E-state index contributed by atoms with van der Waals surface area (Å²) in [6.45, 7) is 7.66. The molecule has 0 unspecified atom stereocenters. The minimum absolute atomic E-state index is 0.116. The fraction of sp³-hybridized carbons (Fsp3) is 0.538. The molecule has 8 heteroatoms. The van der Waals surface area contributed by atoms with Gasteiger partial charge in [0.1, 0.15) is 0 Å². The summed E-state index contributed by atoms with van der Waals surface area (Å²) in [7, 11) is 0. The van der Waals surface area contributed by atoms with Crippen LogP contribution in [0.25, 0.3) is 0 Å². The number of rotatable bonds is 5. The van der Waals surface area contributed by atoms with Crippen LogP contribution < -0.4 is 16.0 Å². The number of hydrogen-bond acceptors (Lipinski definition) is 7. The molecule has 0 radical (unpaired) electrons. The van der Waals surface area contributed by atoms with Crippen LogP contribution in [-0.2, 0) is 0 Å². The minimum atomic E-state index is -0.513. The van der Waals surface area contributed by atoms with E-state index in [0.29, 0.717) is 18.3 Å². The third-order valence-corrected chi connectivity index (χ3v) is 3.44. The van der Waals surface area contributed by atoms with Gasteiger partial charge in [0, 0.05) is 19.6 Å². The third-order valence-electron chi connectivity index (χ3n) is 3.44. The monoisotopic (exact) mass is 292 g/mol. The summed E-state index contributed by atoms with van der Waals surface area (Å²) in [5.74, 6) is 0.936. The van der Waals surface area contributed by atoms with Gasteiger partial charge in [0.05, 0.1) is 4.92 Å². The molecule has 21 heavy (non-hydrogen) atoms. The van der Waals surface area contributed by atoms with Crippen LogP contribution >= 0.6 is 0 Å². The first-order valence-corrected chi connectivity index (χ1v) is 6.94. The van der Waals surface area contributed by atoms with Gasteiger partial charge in [-0.1, -0.05) is 13.0 Å². The summed E-state index contributed by atoms with van der Waals surface area (Å²) in [4.78, 5) is 20.9. The van der Waals surface area contributed by atoms with Crippen molar-refractivity contribution < 1.29 is 4.92 Å². The Labute approximate surface area is 123 Å². The summed E-state index contributed by atoms with van der Waals surface area (Å²) in [5.41, 5.74) is 5.54. The van der Waals surface area contributed by atoms with Gasteiger partial charge in [-0.25, -0.2) is 0 Å². The molecule has 0 spiro atoms. The Hall–Kier alpha value is -2.38. The van der Waals surface area contributed by atoms with Crippen molar-refractivity contribution in [2.75, 3.05) is 35.6 Å². The van der Waals surface area contributed by atoms with Crippen molar-refractivity contribution in [1.82, 2.24) is 9.97 Å². The van der Waals surface area contributed by atoms with Crippen molar-refractivity contribution >= 4 is 23.3 Å². The number of nitro groups is 1. The Balaban J connectivity index is 2.41. The Morgan fingerprint density at radius 1 is 1.62 bits per heavy atom. The molecule has 1 saturated heterocycles. The van der Waals surface area contributed by atoms with E-state index in [4.69, 9.17) is 5.73 Å². The largest absolute Gasteiger partial charge is 0.378 e. The number of aromatic nitrogens is 2. The highest BCUT2D eigenvalue weighted by Crippen LogP contribution is 2.34. The number of piperidine rings is 1. The van der Waals surface area contributed by atoms with Gasteiger partial charge in [0.25, 0.3) is 0 Å². The molecule has 1 aliphatic rings. The lowest BCUT2D eigenvalue weighted by atomic mass is 10.0. The van der Waals surface area contributed by atoms with Gasteiger partial charge < -0.3 is 16.0 Å². The van der Waals surface area contributed by atoms with E-state index in [1.165, 1.54) is 0 Å². The van der Waals surface area contributed by atoms with E-state index < -0.39 is 4.92 Å². The molecule has 1 fully saturated rings. The molecule has 2 heterocycles. The van der Waals surface area contributed by atoms with Crippen molar-refractivity contribution in [3.05, 3.63) is 22.8 Å². The van der Waals surface area contributed by atoms with E-state index in [0.717, 1.165) is 25.9 Å². The molecule has 2 rings (SSSR count). The second kappa shape index (κ2) is 6.38. The summed E-state index contributed by atoms with van der Waals surface area (Å²) < 4.78 is 0. The second-order valence-corrected chi connectivity index (χ2v) is 5.22. The lowest BCUT2D eigenvalue weighted by Crippen LogP contribution is -2.35. The summed E-state index contributed by atoms with van der Waals surface area (Å²) >= 11 is 0. The smallest absolute Gasteiger partial charge is 0.353 e. The van der Waals surface area contributed by atoms with Crippen LogP contribution in [-0.4, -0.2) is 34.5 Å². The van der Waals surface area contributed by atoms with Gasteiger partial charge >= 0.3 is 5.69 Å². The maximum absolute atomic E-state index is 11.3. The molecule has 0 aromatic carbocycles. The van der Waals surface area contributed by atoms with E-state index >= 15 is 0 Å². The van der Waals surface area contributed by atoms with Crippen molar-refractivity contribution in [1.29, 1.82) is 0 Å². The summed E-state index contributed by atoms with van der Waals surface area (Å²) in [6.07, 6.45) is 3.76. The van der Waals surface area contributed by atoms with Crippen LogP contribution in [0.3, 0.4) is 0 Å². The Morgan fingerprint density at radius 2 is 2.38 bits per heavy atom. The molecule has 8 nitrogen and oxygen atoms in total. The highest BCUT2D eigenvalue weighted by Gasteiger charge is 2.29. The minimum Gasteiger partial charge on any atom is -0.378 e. The van der Waals surface area contributed by atoms with Crippen LogP contribution in [0.1, 0.15) is 19.8 Å². The second-order valence-electron chi connectivity index (χ2n) is 5.22. The van der Waals surface area contributed by atoms with Gasteiger partial charge in [-0.15, -0.1) is 6.58 Å². The van der Waals surface area contributed by atoms with Gasteiger partial charge in [-0.2, -0.15) is 9.97 Å². The number of nitrogens with one attached hydrogen (secondary N) is 1. The van der Waals surface area contributed by atoms with Crippen molar-refractivity contribution in [2.45, 2.75) is 19.8 Å². The Bertz CT molecular complexity index is 548. The van der Waals surface area contributed by atoms with Crippen molar-refractivity contribution in [3.63, 3.8) is 0 Å². The topological polar surface area (TPSA) is 110 Å². The van der Waals surface area contributed by atoms with Crippen LogP contribution in [0, 0.1) is 16.0 Å². The zero-order chi connectivity index (χ0) is 15.4. The van der Waals surface area contributed by atoms with Crippen LogP contribution in [0.2, 0.25) is 0 Å². The first-order chi connectivity index (χ1) is 10.0. The number of hydrogen-bond donors (Lipinski definition) is 2. The van der Waals surface area contributed by atoms with Gasteiger partial charge in [-0.05, 0) is 18.8 Å². The highest BCUT2D eigenvalue weighted by atomic mass is 16.6. The summed E-state index contributed by atoms with van der Waals surface area (Å²) in [5, 5.41) is 14.2. The number of nitrogens with zero attached hydrogens (tertiary/aromatic N) is 4. The summed E-state index contributed by atoms with van der Waals surface area (Å²) in [6, 6.07) is 0. The lowest BCUT2D eigenvalue weighted by Gasteiger charge is -2.31. The van der Waals surface area contributed by atoms with Gasteiger partial charge in [-0.3, -0.25) is 10.1 Å². The van der Waals surface area contributed by atoms with E-state index in [2.05, 4.69) is 28.8 Å². The van der Waals surface area contributed by atoms with Crippen molar-refractivity contribution in [3.8, 4) is 0 Å². The molecule has 1 aromatic rings. The van der Waals surface area contributed by atoms with E-state index in [9.17, 15) is 10.1 Å². The molecule has 3 N–H and O–H groups in total. The Kier molecular flexibility index (Phi) is 4.56. The van der Waals surface area contributed by atoms with E-state index in [1.54, 1.807) is 6.08 Å². The third kappa shape index (κ3) is 3.39. The van der Waals surface area contributed by atoms with Gasteiger partial charge in [0.15, 0.2) is 0 Å². The van der Waals surface area contributed by atoms with E-state index in [1.807, 2.05) is 4.90 Å². The molecular weight excluding hydrogens is 272 g/mol. The zero-order valence-electron chi connectivity index (χ0n) is 12.1. The Morgan fingerprint density at radius 3 is 3.00 bits per heavy atom. The SMILES string of the molecule is C=CCNc1nc(N)c([N+](=O)[O-])c(N2CCC[C@H](C)C2)n1. The number of nitrogens with two attached hydrogens (primary N) is 1. The average Bonchev–Trinajstić information content (AvgIpc) is 2.44. The molecule has 0 bridgehead atoms. The predicted molar refractivity (Wildman–Crippen MR) is 82.4 cm³/mol. The number of nitrogen functional groups attached to an aromatic ring is 1. The fourth-order valence-electron chi connectivity index (χ4n) is 2.48. The first kappa shape index (κ1) is 15.0. The molecular formula is C13H20N6O2. The quantitative estimate of drug-likeness (QED) is 0.483. The van der Waals surface area contributed by atoms with E-state index in [-0.39, 0.29) is 17.5 Å². The molecule has 0 saturated carbocycles. The average molecular weight is 292 g/mol. The zero-order valence-corrected chi connectivity index (χ0v) is 12.1. The van der Waals surface area contributed by atoms with Crippen LogP contribution in [0.4, 0.5) is 23.3 Å². The number of anilines is 3. The lowest BCUT2D eigenvalue weighted by molar-refractivity contribution is -0.383. The standard InChI is InChI=1S/C13H20N6O2/c1-3-6-15-13-16-11(14)10(19(20)21)12(17-13)18-7-4-5-9(2)8-18/h3,9H,1,4-8H2,2H3,(H3,14,15,16,17)/t9-/m0/s1. The maximum atomic E-state index is 11.3. The van der Waals surface area contributed by atoms with Crippen LogP contribution in [0.5, 0.6) is 0 Å². The molecule has 1 aromatic heterocycles. The van der Waals surface area contributed by atoms with Crippen LogP contribution in [0.15, 0.2) is 12.7 Å². The fourth-order valence-corrected chi connectivity index (χ4v) is 2.48.